The van der Waals surface area contributed by atoms with Crippen LogP contribution in [0.1, 0.15) is 37.3 Å². The minimum Gasteiger partial charge on any atom is -0.271 e. The highest BCUT2D eigenvalue weighted by molar-refractivity contribution is 6.30. The molecule has 4 heteroatoms. The zero-order chi connectivity index (χ0) is 12.7. The van der Waals surface area contributed by atoms with E-state index in [1.54, 1.807) is 12.1 Å². The Morgan fingerprint density at radius 3 is 2.50 bits per heavy atom. The van der Waals surface area contributed by atoms with Crippen LogP contribution >= 0.6 is 11.6 Å². The molecule has 2 aliphatic carbocycles. The molecule has 0 spiro atoms. The Balaban J connectivity index is 1.84. The summed E-state index contributed by atoms with van der Waals surface area (Å²) in [6.07, 6.45) is 5.14. The van der Waals surface area contributed by atoms with E-state index in [-0.39, 0.29) is 11.9 Å². The molecule has 3 N–H and O–H groups in total. The predicted octanol–water partition coefficient (Wildman–Crippen LogP) is 3.42. The van der Waals surface area contributed by atoms with Gasteiger partial charge < -0.3 is 0 Å². The predicted molar refractivity (Wildman–Crippen MR) is 70.4 cm³/mol. The number of fused-ring (bicyclic) bond motifs is 1. The third kappa shape index (κ3) is 2.04. The van der Waals surface area contributed by atoms with E-state index < -0.39 is 0 Å². The maximum Gasteiger partial charge on any atom is 0.129 e. The van der Waals surface area contributed by atoms with Crippen molar-refractivity contribution < 1.29 is 4.39 Å². The van der Waals surface area contributed by atoms with Crippen molar-refractivity contribution in [2.24, 2.45) is 23.6 Å². The number of rotatable bonds is 3. The summed E-state index contributed by atoms with van der Waals surface area (Å²) in [7, 11) is 0. The third-order valence-electron chi connectivity index (χ3n) is 4.58. The summed E-state index contributed by atoms with van der Waals surface area (Å²) in [5, 5.41) is 0.431. The van der Waals surface area contributed by atoms with Gasteiger partial charge in [0.15, 0.2) is 0 Å². The van der Waals surface area contributed by atoms with Crippen LogP contribution in [-0.4, -0.2) is 0 Å². The second-order valence-corrected chi connectivity index (χ2v) is 5.94. The largest absolute Gasteiger partial charge is 0.271 e. The van der Waals surface area contributed by atoms with Gasteiger partial charge in [0.25, 0.3) is 0 Å². The van der Waals surface area contributed by atoms with Crippen LogP contribution in [-0.2, 0) is 0 Å². The molecule has 3 rings (SSSR count). The average Bonchev–Trinajstić information content (AvgIpc) is 3.07. The van der Waals surface area contributed by atoms with Crippen molar-refractivity contribution in [1.82, 2.24) is 5.43 Å². The van der Waals surface area contributed by atoms with Crippen molar-refractivity contribution in [2.75, 3.05) is 0 Å². The lowest BCUT2D eigenvalue weighted by Crippen LogP contribution is -2.31. The van der Waals surface area contributed by atoms with E-state index in [0.29, 0.717) is 16.5 Å². The smallest absolute Gasteiger partial charge is 0.129 e. The number of hydrazine groups is 1. The normalized spacial score (nSPS) is 31.8. The van der Waals surface area contributed by atoms with Crippen LogP contribution in [0.4, 0.5) is 4.39 Å². The minimum atomic E-state index is -0.255. The first kappa shape index (κ1) is 12.4. The molecule has 0 radical (unpaired) electrons. The molecule has 0 amide bonds. The first-order valence-electron chi connectivity index (χ1n) is 6.63. The van der Waals surface area contributed by atoms with Crippen LogP contribution in [0.3, 0.4) is 0 Å². The Morgan fingerprint density at radius 1 is 1.28 bits per heavy atom. The lowest BCUT2D eigenvalue weighted by atomic mass is 10.00. The third-order valence-corrected chi connectivity index (χ3v) is 4.82. The molecular weight excluding hydrogens is 251 g/mol. The average molecular weight is 269 g/mol. The molecule has 3 unspecified atom stereocenters. The molecule has 2 fully saturated rings. The van der Waals surface area contributed by atoms with E-state index >= 15 is 0 Å². The van der Waals surface area contributed by atoms with Gasteiger partial charge in [0.05, 0.1) is 6.04 Å². The fraction of sp³-hybridized carbons (Fsp3) is 0.571. The number of halogens is 2. The number of hydrogen-bond acceptors (Lipinski definition) is 2. The van der Waals surface area contributed by atoms with Gasteiger partial charge in [0, 0.05) is 10.6 Å². The van der Waals surface area contributed by atoms with E-state index in [1.807, 2.05) is 0 Å². The van der Waals surface area contributed by atoms with Crippen LogP contribution in [0, 0.1) is 23.6 Å². The number of hydrogen-bond donors (Lipinski definition) is 2. The van der Waals surface area contributed by atoms with Crippen molar-refractivity contribution >= 4 is 11.6 Å². The maximum atomic E-state index is 14.0. The van der Waals surface area contributed by atoms with Gasteiger partial charge in [-0.05, 0) is 42.7 Å². The van der Waals surface area contributed by atoms with Crippen molar-refractivity contribution in [1.29, 1.82) is 0 Å². The van der Waals surface area contributed by atoms with Gasteiger partial charge in [-0.2, -0.15) is 0 Å². The monoisotopic (exact) mass is 268 g/mol. The molecule has 2 nitrogen and oxygen atoms in total. The second-order valence-electron chi connectivity index (χ2n) is 5.50. The summed E-state index contributed by atoms with van der Waals surface area (Å²) in [6, 6.07) is 4.78. The Bertz CT molecular complexity index is 439. The highest BCUT2D eigenvalue weighted by Crippen LogP contribution is 2.60. The Hall–Kier alpha value is -0.640. The van der Waals surface area contributed by atoms with Gasteiger partial charge in [-0.3, -0.25) is 11.3 Å². The van der Waals surface area contributed by atoms with Gasteiger partial charge in [-0.1, -0.05) is 30.5 Å². The summed E-state index contributed by atoms with van der Waals surface area (Å²) in [6.45, 7) is 0. The zero-order valence-electron chi connectivity index (χ0n) is 10.2. The summed E-state index contributed by atoms with van der Waals surface area (Å²) in [5.74, 6) is 7.36. The second kappa shape index (κ2) is 4.80. The first-order chi connectivity index (χ1) is 8.72. The molecular formula is C14H18ClFN2. The summed E-state index contributed by atoms with van der Waals surface area (Å²) < 4.78 is 14.0. The number of nitrogens with one attached hydrogen (secondary N) is 1. The van der Waals surface area contributed by atoms with Crippen LogP contribution in [0.25, 0.3) is 0 Å². The standard InChI is InChI=1S/C14H18ClFN2/c15-8-5-6-11(12(16)7-8)14(18-17)13-9-3-1-2-4-10(9)13/h5-7,9-10,13-14,18H,1-4,17H2. The van der Waals surface area contributed by atoms with Crippen molar-refractivity contribution in [3.05, 3.63) is 34.6 Å². The van der Waals surface area contributed by atoms with Crippen molar-refractivity contribution in [2.45, 2.75) is 31.7 Å². The van der Waals surface area contributed by atoms with Crippen molar-refractivity contribution in [3.8, 4) is 0 Å². The van der Waals surface area contributed by atoms with Crippen LogP contribution in [0.15, 0.2) is 18.2 Å². The van der Waals surface area contributed by atoms with Crippen LogP contribution in [0.2, 0.25) is 5.02 Å². The molecule has 2 saturated carbocycles. The molecule has 3 atom stereocenters. The van der Waals surface area contributed by atoms with E-state index in [1.165, 1.54) is 31.7 Å². The Kier molecular flexibility index (Phi) is 3.31. The lowest BCUT2D eigenvalue weighted by molar-refractivity contribution is 0.436. The Morgan fingerprint density at radius 2 is 1.94 bits per heavy atom. The molecule has 1 aromatic carbocycles. The summed E-state index contributed by atoms with van der Waals surface area (Å²) in [5.41, 5.74) is 3.47. The number of benzene rings is 1. The maximum absolute atomic E-state index is 14.0. The van der Waals surface area contributed by atoms with E-state index in [2.05, 4.69) is 5.43 Å². The summed E-state index contributed by atoms with van der Waals surface area (Å²) >= 11 is 5.79. The van der Waals surface area contributed by atoms with Gasteiger partial charge in [-0.25, -0.2) is 4.39 Å². The van der Waals surface area contributed by atoms with Crippen LogP contribution < -0.4 is 11.3 Å². The highest BCUT2D eigenvalue weighted by atomic mass is 35.5. The molecule has 18 heavy (non-hydrogen) atoms. The molecule has 1 aromatic rings. The van der Waals surface area contributed by atoms with E-state index in [9.17, 15) is 4.39 Å². The summed E-state index contributed by atoms with van der Waals surface area (Å²) in [4.78, 5) is 0. The zero-order valence-corrected chi connectivity index (χ0v) is 11.0. The van der Waals surface area contributed by atoms with Crippen LogP contribution in [0.5, 0.6) is 0 Å². The van der Waals surface area contributed by atoms with Gasteiger partial charge in [0.2, 0.25) is 0 Å². The fourth-order valence-electron chi connectivity index (χ4n) is 3.70. The molecule has 0 heterocycles. The minimum absolute atomic E-state index is 0.0737. The first-order valence-corrected chi connectivity index (χ1v) is 7.01. The van der Waals surface area contributed by atoms with E-state index in [4.69, 9.17) is 17.4 Å². The Labute approximate surface area is 112 Å². The SMILES string of the molecule is NNC(c1ccc(Cl)cc1F)C1C2CCCCC21. The van der Waals surface area contributed by atoms with Gasteiger partial charge in [-0.15, -0.1) is 0 Å². The van der Waals surface area contributed by atoms with Gasteiger partial charge >= 0.3 is 0 Å². The fourth-order valence-corrected chi connectivity index (χ4v) is 3.86. The molecule has 0 aliphatic heterocycles. The molecule has 0 bridgehead atoms. The lowest BCUT2D eigenvalue weighted by Gasteiger charge is -2.17. The topological polar surface area (TPSA) is 38.0 Å². The highest BCUT2D eigenvalue weighted by Gasteiger charge is 2.54. The van der Waals surface area contributed by atoms with E-state index in [0.717, 1.165) is 11.8 Å². The quantitative estimate of drug-likeness (QED) is 0.651. The van der Waals surface area contributed by atoms with Crippen molar-refractivity contribution in [3.63, 3.8) is 0 Å². The molecule has 2 aliphatic rings. The molecule has 0 aromatic heterocycles. The van der Waals surface area contributed by atoms with Gasteiger partial charge in [0.1, 0.15) is 5.82 Å². The molecule has 98 valence electrons. The number of nitrogens with two attached hydrogens (primary N) is 1. The molecule has 0 saturated heterocycles.